The third-order valence-electron chi connectivity index (χ3n) is 10.9. The molecule has 0 fully saturated rings. The van der Waals surface area contributed by atoms with Crippen LogP contribution in [0.1, 0.15) is 56.6 Å². The molecule has 65 heavy (non-hydrogen) atoms. The lowest BCUT2D eigenvalue weighted by Crippen LogP contribution is -2.12. The summed E-state index contributed by atoms with van der Waals surface area (Å²) in [4.78, 5) is 22.6. The first-order valence-corrected chi connectivity index (χ1v) is 23.9. The molecule has 3 N–H and O–H groups in total. The average Bonchev–Trinajstić information content (AvgIpc) is 4.16. The van der Waals surface area contributed by atoms with Crippen LogP contribution in [-0.2, 0) is 12.7 Å². The van der Waals surface area contributed by atoms with Crippen LogP contribution >= 0.6 is 34.0 Å². The molecule has 6 aromatic heterocycles. The second kappa shape index (κ2) is 19.7. The second-order valence-corrected chi connectivity index (χ2v) is 18.1. The maximum atomic E-state index is 15.7. The third kappa shape index (κ3) is 10.4. The van der Waals surface area contributed by atoms with Crippen molar-refractivity contribution in [3.8, 4) is 44.3 Å². The topological polar surface area (TPSA) is 105 Å². The number of nitrogens with one attached hydrogen (secondary N) is 3. The standard InChI is InChI=1S/C49H43F4N9S3/c1-2-3-4-5-6-7-19-56-40-14-11-33(24-38(40)49(51,52)53)46-58-43(29-63-46)44-30-65-48(61-44)59-41-26-55-20-16-36(41)37-22-31(10-13-39(37)50)27-62-21-17-32-23-35(12-15-45(32)62)57-47-60-42(28-64-47)34-9-8-18-54-25-34/h8-18,20-26,28-30,56H,2-7,19,27H2,1H3,(H,57,60)(H,59,61). The van der Waals surface area contributed by atoms with Gasteiger partial charge in [-0.1, -0.05) is 45.1 Å². The van der Waals surface area contributed by atoms with E-state index in [1.807, 2.05) is 41.2 Å². The van der Waals surface area contributed by atoms with Crippen molar-refractivity contribution in [3.63, 3.8) is 0 Å². The minimum Gasteiger partial charge on any atom is -0.385 e. The monoisotopic (exact) mass is 929 g/mol. The van der Waals surface area contributed by atoms with Gasteiger partial charge in [0.25, 0.3) is 0 Å². The molecule has 0 radical (unpaired) electrons. The van der Waals surface area contributed by atoms with E-state index < -0.39 is 11.7 Å². The van der Waals surface area contributed by atoms with Gasteiger partial charge in [-0.05, 0) is 84.8 Å². The van der Waals surface area contributed by atoms with Gasteiger partial charge in [0.15, 0.2) is 10.3 Å². The maximum Gasteiger partial charge on any atom is 0.418 e. The Kier molecular flexibility index (Phi) is 13.3. The summed E-state index contributed by atoms with van der Waals surface area (Å²) in [6.45, 7) is 3.15. The van der Waals surface area contributed by atoms with E-state index in [-0.39, 0.29) is 11.5 Å². The molecule has 0 aliphatic carbocycles. The van der Waals surface area contributed by atoms with Crippen molar-refractivity contribution < 1.29 is 17.6 Å². The Hall–Kier alpha value is -6.49. The first-order chi connectivity index (χ1) is 31.7. The number of alkyl halides is 3. The van der Waals surface area contributed by atoms with Crippen molar-refractivity contribution in [2.45, 2.75) is 58.2 Å². The summed E-state index contributed by atoms with van der Waals surface area (Å²) >= 11 is 4.12. The predicted molar refractivity (Wildman–Crippen MR) is 258 cm³/mol. The van der Waals surface area contributed by atoms with Crippen LogP contribution in [0.3, 0.4) is 0 Å². The molecule has 0 unspecified atom stereocenters. The van der Waals surface area contributed by atoms with Crippen LogP contribution in [0.4, 0.5) is 44.9 Å². The van der Waals surface area contributed by atoms with Gasteiger partial charge in [-0.3, -0.25) is 9.97 Å². The lowest BCUT2D eigenvalue weighted by atomic mass is 10.0. The molecule has 0 saturated carbocycles. The highest BCUT2D eigenvalue weighted by Gasteiger charge is 2.34. The molecule has 0 atom stereocenters. The first kappa shape index (κ1) is 43.7. The van der Waals surface area contributed by atoms with E-state index in [4.69, 9.17) is 9.97 Å². The zero-order valence-electron chi connectivity index (χ0n) is 35.2. The number of anilines is 5. The lowest BCUT2D eigenvalue weighted by molar-refractivity contribution is -0.136. The van der Waals surface area contributed by atoms with Crippen LogP contribution in [0.2, 0.25) is 0 Å². The van der Waals surface area contributed by atoms with E-state index >= 15 is 4.39 Å². The Morgan fingerprint density at radius 3 is 2.29 bits per heavy atom. The van der Waals surface area contributed by atoms with Crippen molar-refractivity contribution in [2.24, 2.45) is 0 Å². The number of fused-ring (bicyclic) bond motifs is 1. The van der Waals surface area contributed by atoms with Crippen molar-refractivity contribution >= 4 is 72.2 Å². The normalized spacial score (nSPS) is 11.6. The molecule has 9 aromatic rings. The molecule has 330 valence electrons. The van der Waals surface area contributed by atoms with Gasteiger partial charge in [-0.2, -0.15) is 13.2 Å². The Balaban J connectivity index is 0.869. The molecule has 0 bridgehead atoms. The molecule has 0 amide bonds. The van der Waals surface area contributed by atoms with E-state index in [2.05, 4.69) is 60.6 Å². The quantitative estimate of drug-likeness (QED) is 0.0577. The zero-order chi connectivity index (χ0) is 44.8. The number of hydrogen-bond donors (Lipinski definition) is 3. The van der Waals surface area contributed by atoms with E-state index in [1.165, 1.54) is 52.6 Å². The summed E-state index contributed by atoms with van der Waals surface area (Å²) in [6, 6.07) is 23.3. The molecule has 0 aliphatic heterocycles. The van der Waals surface area contributed by atoms with Crippen molar-refractivity contribution in [3.05, 3.63) is 143 Å². The van der Waals surface area contributed by atoms with Crippen LogP contribution in [0.15, 0.2) is 126 Å². The fourth-order valence-electron chi connectivity index (χ4n) is 7.60. The number of aromatic nitrogens is 6. The minimum atomic E-state index is -4.53. The number of hydrogen-bond acceptors (Lipinski definition) is 11. The first-order valence-electron chi connectivity index (χ1n) is 21.3. The molecule has 3 aromatic carbocycles. The number of halogens is 4. The van der Waals surface area contributed by atoms with Crippen molar-refractivity contribution in [1.82, 2.24) is 29.5 Å². The molecule has 6 heterocycles. The van der Waals surface area contributed by atoms with Crippen LogP contribution in [0.25, 0.3) is 55.2 Å². The predicted octanol–water partition coefficient (Wildman–Crippen LogP) is 14.9. The molecule has 9 rings (SSSR count). The van der Waals surface area contributed by atoms with Gasteiger partial charge in [-0.25, -0.2) is 19.3 Å². The highest BCUT2D eigenvalue weighted by molar-refractivity contribution is 7.14. The third-order valence-corrected chi connectivity index (χ3v) is 13.3. The largest absolute Gasteiger partial charge is 0.418 e. The van der Waals surface area contributed by atoms with Gasteiger partial charge in [-0.15, -0.1) is 34.0 Å². The highest BCUT2D eigenvalue weighted by Crippen LogP contribution is 2.40. The molecule has 16 heteroatoms. The Labute approximate surface area is 385 Å². The molecular weight excluding hydrogens is 887 g/mol. The van der Waals surface area contributed by atoms with Gasteiger partial charge < -0.3 is 20.5 Å². The molecule has 0 spiro atoms. The van der Waals surface area contributed by atoms with E-state index in [0.29, 0.717) is 57.0 Å². The smallest absolute Gasteiger partial charge is 0.385 e. The summed E-state index contributed by atoms with van der Waals surface area (Å²) in [5.41, 5.74) is 7.12. The van der Waals surface area contributed by atoms with E-state index in [9.17, 15) is 13.2 Å². The summed E-state index contributed by atoms with van der Waals surface area (Å²) < 4.78 is 60.4. The molecule has 9 nitrogen and oxygen atoms in total. The molecule has 0 saturated heterocycles. The van der Waals surface area contributed by atoms with E-state index in [1.54, 1.807) is 48.4 Å². The highest BCUT2D eigenvalue weighted by atomic mass is 32.1. The fraction of sp³-hybridized carbons (Fsp3) is 0.204. The average molecular weight is 930 g/mol. The van der Waals surface area contributed by atoms with Gasteiger partial charge in [0, 0.05) is 98.5 Å². The number of nitrogens with zero attached hydrogens (tertiary/aromatic N) is 6. The fourth-order valence-corrected chi connectivity index (χ4v) is 9.87. The maximum absolute atomic E-state index is 15.7. The van der Waals surface area contributed by atoms with E-state index in [0.717, 1.165) is 76.7 Å². The van der Waals surface area contributed by atoms with Gasteiger partial charge in [0.2, 0.25) is 0 Å². The van der Waals surface area contributed by atoms with Crippen LogP contribution < -0.4 is 16.0 Å². The van der Waals surface area contributed by atoms with Gasteiger partial charge in [0.05, 0.1) is 23.1 Å². The number of pyridine rings is 2. The summed E-state index contributed by atoms with van der Waals surface area (Å²) in [7, 11) is 0. The van der Waals surface area contributed by atoms with Crippen LogP contribution in [-0.4, -0.2) is 36.0 Å². The second-order valence-electron chi connectivity index (χ2n) is 15.5. The summed E-state index contributed by atoms with van der Waals surface area (Å²) in [5, 5.41) is 18.2. The summed E-state index contributed by atoms with van der Waals surface area (Å²) in [5.74, 6) is -0.380. The minimum absolute atomic E-state index is 0.0742. The van der Waals surface area contributed by atoms with Crippen molar-refractivity contribution in [1.29, 1.82) is 0 Å². The van der Waals surface area contributed by atoms with Crippen LogP contribution in [0, 0.1) is 5.82 Å². The van der Waals surface area contributed by atoms with Gasteiger partial charge in [0.1, 0.15) is 22.2 Å². The molecular formula is C49H43F4N9S3. The summed E-state index contributed by atoms with van der Waals surface area (Å²) in [6.07, 6.45) is 10.6. The number of rotatable bonds is 18. The lowest BCUT2D eigenvalue weighted by Gasteiger charge is -2.15. The Morgan fingerprint density at radius 1 is 0.662 bits per heavy atom. The number of thiazole rings is 3. The Bertz CT molecular complexity index is 3030. The van der Waals surface area contributed by atoms with Crippen LogP contribution in [0.5, 0.6) is 0 Å². The number of benzene rings is 3. The van der Waals surface area contributed by atoms with Gasteiger partial charge >= 0.3 is 6.18 Å². The SMILES string of the molecule is CCCCCCCCNc1ccc(-c2nc(-c3csc(Nc4cnccc4-c4cc(Cn5ccc6cc(Nc7nc(-c8cccnc8)cs7)ccc65)ccc4F)n3)cs2)cc1C(F)(F)F. The molecule has 0 aliphatic rings. The number of unbranched alkanes of at least 4 members (excludes halogenated alkanes) is 5. The zero-order valence-corrected chi connectivity index (χ0v) is 37.7. The van der Waals surface area contributed by atoms with Crippen molar-refractivity contribution in [2.75, 3.05) is 22.5 Å². The Morgan fingerprint density at radius 2 is 1.45 bits per heavy atom.